The number of rotatable bonds is 9. The number of nitro groups is 1. The van der Waals surface area contributed by atoms with Crippen molar-refractivity contribution in [1.82, 2.24) is 4.90 Å². The van der Waals surface area contributed by atoms with E-state index in [-0.39, 0.29) is 30.0 Å². The summed E-state index contributed by atoms with van der Waals surface area (Å²) in [5, 5.41) is 22.1. The molecule has 0 spiro atoms. The van der Waals surface area contributed by atoms with Crippen LogP contribution in [-0.2, 0) is 9.59 Å². The maximum absolute atomic E-state index is 13.1. The van der Waals surface area contributed by atoms with Crippen LogP contribution < -0.4 is 14.2 Å². The smallest absolute Gasteiger partial charge is 0.295 e. The summed E-state index contributed by atoms with van der Waals surface area (Å²) in [7, 11) is 3.08. The molecule has 1 atom stereocenters. The third-order valence-electron chi connectivity index (χ3n) is 5.98. The molecular formula is C27H24N2O8. The van der Waals surface area contributed by atoms with E-state index in [4.69, 9.17) is 14.2 Å². The van der Waals surface area contributed by atoms with Crippen molar-refractivity contribution in [3.63, 3.8) is 0 Å². The lowest BCUT2D eigenvalue weighted by Gasteiger charge is -2.25. The number of ketones is 1. The van der Waals surface area contributed by atoms with Crippen LogP contribution in [0.15, 0.2) is 78.4 Å². The molecule has 37 heavy (non-hydrogen) atoms. The van der Waals surface area contributed by atoms with E-state index in [0.29, 0.717) is 22.8 Å². The van der Waals surface area contributed by atoms with Gasteiger partial charge in [0, 0.05) is 17.7 Å². The lowest BCUT2D eigenvalue weighted by molar-refractivity contribution is -0.384. The van der Waals surface area contributed by atoms with E-state index in [1.807, 2.05) is 0 Å². The van der Waals surface area contributed by atoms with Gasteiger partial charge in [-0.3, -0.25) is 19.7 Å². The molecule has 1 heterocycles. The Morgan fingerprint density at radius 2 is 1.43 bits per heavy atom. The Bertz CT molecular complexity index is 1330. The summed E-state index contributed by atoms with van der Waals surface area (Å²) in [4.78, 5) is 38.0. The average molecular weight is 504 g/mol. The second-order valence-electron chi connectivity index (χ2n) is 8.09. The Hall–Kier alpha value is -4.86. The second kappa shape index (κ2) is 10.8. The summed E-state index contributed by atoms with van der Waals surface area (Å²) < 4.78 is 16.1. The molecule has 4 rings (SSSR count). The zero-order valence-corrected chi connectivity index (χ0v) is 20.1. The number of nitro benzene ring substituents is 1. The number of aliphatic hydroxyl groups is 1. The van der Waals surface area contributed by atoms with Crippen molar-refractivity contribution in [3.05, 3.63) is 99.6 Å². The van der Waals surface area contributed by atoms with Gasteiger partial charge < -0.3 is 24.2 Å². The highest BCUT2D eigenvalue weighted by atomic mass is 16.6. The van der Waals surface area contributed by atoms with Crippen LogP contribution in [0.4, 0.5) is 5.69 Å². The zero-order chi connectivity index (χ0) is 26.5. The molecule has 0 saturated carbocycles. The Kier molecular flexibility index (Phi) is 7.38. The Balaban J connectivity index is 1.67. The van der Waals surface area contributed by atoms with Crippen molar-refractivity contribution in [2.45, 2.75) is 6.04 Å². The molecule has 190 valence electrons. The number of carbonyl (C=O) groups excluding carboxylic acids is 2. The van der Waals surface area contributed by atoms with E-state index in [0.717, 1.165) is 0 Å². The monoisotopic (exact) mass is 504 g/mol. The summed E-state index contributed by atoms with van der Waals surface area (Å²) in [6.07, 6.45) is 0. The molecule has 1 saturated heterocycles. The van der Waals surface area contributed by atoms with E-state index in [1.165, 1.54) is 36.3 Å². The molecular weight excluding hydrogens is 480 g/mol. The Morgan fingerprint density at radius 3 is 1.97 bits per heavy atom. The van der Waals surface area contributed by atoms with Gasteiger partial charge in [0.15, 0.2) is 0 Å². The van der Waals surface area contributed by atoms with Gasteiger partial charge in [-0.05, 0) is 54.1 Å². The third-order valence-corrected chi connectivity index (χ3v) is 5.98. The number of hydrogen-bond donors (Lipinski definition) is 1. The van der Waals surface area contributed by atoms with E-state index >= 15 is 0 Å². The number of aliphatic hydroxyl groups excluding tert-OH is 1. The van der Waals surface area contributed by atoms with Crippen LogP contribution >= 0.6 is 0 Å². The largest absolute Gasteiger partial charge is 0.507 e. The molecule has 0 aliphatic carbocycles. The molecule has 3 aromatic carbocycles. The number of nitrogens with zero attached hydrogens (tertiary/aromatic N) is 2. The standard InChI is InChI=1S/C27H24N2O8/c1-35-20-9-5-17(6-10-20)24-23(25(30)18-3-7-19(8-4-18)29(33)34)26(31)27(32)28(24)15-16-37-22-13-11-21(36-2)12-14-22/h3-14,24,30H,15-16H2,1-2H3/b25-23-. The fourth-order valence-corrected chi connectivity index (χ4v) is 4.07. The molecule has 1 unspecified atom stereocenters. The SMILES string of the molecule is COc1ccc(OCCN2C(=O)C(=O)/C(=C(\O)c3ccc([N+](=O)[O-])cc3)C2c2ccc(OC)cc2)cc1. The predicted molar refractivity (Wildman–Crippen MR) is 134 cm³/mol. The number of ether oxygens (including phenoxy) is 3. The van der Waals surface area contributed by atoms with Gasteiger partial charge in [-0.2, -0.15) is 0 Å². The number of likely N-dealkylation sites (tertiary alicyclic amines) is 1. The van der Waals surface area contributed by atoms with Crippen molar-refractivity contribution < 1.29 is 33.8 Å². The maximum atomic E-state index is 13.1. The molecule has 1 aliphatic heterocycles. The minimum atomic E-state index is -0.902. The Morgan fingerprint density at radius 1 is 0.892 bits per heavy atom. The van der Waals surface area contributed by atoms with Crippen molar-refractivity contribution in [1.29, 1.82) is 0 Å². The number of benzene rings is 3. The van der Waals surface area contributed by atoms with Gasteiger partial charge in [0.2, 0.25) is 0 Å². The van der Waals surface area contributed by atoms with E-state index in [2.05, 4.69) is 0 Å². The summed E-state index contributed by atoms with van der Waals surface area (Å²) >= 11 is 0. The number of hydrogen-bond acceptors (Lipinski definition) is 8. The first-order valence-corrected chi connectivity index (χ1v) is 11.3. The summed E-state index contributed by atoms with van der Waals surface area (Å²) in [5.41, 5.74) is 0.470. The molecule has 10 heteroatoms. The Labute approximate surface area is 212 Å². The van der Waals surface area contributed by atoms with Crippen LogP contribution in [0.3, 0.4) is 0 Å². The minimum Gasteiger partial charge on any atom is -0.507 e. The normalized spacial score (nSPS) is 16.5. The van der Waals surface area contributed by atoms with Crippen LogP contribution in [0.5, 0.6) is 17.2 Å². The van der Waals surface area contributed by atoms with Crippen molar-refractivity contribution in [2.24, 2.45) is 0 Å². The maximum Gasteiger partial charge on any atom is 0.295 e. The quantitative estimate of drug-likeness (QED) is 0.152. The van der Waals surface area contributed by atoms with Gasteiger partial charge in [0.1, 0.15) is 29.6 Å². The topological polar surface area (TPSA) is 128 Å². The highest BCUT2D eigenvalue weighted by Crippen LogP contribution is 2.39. The van der Waals surface area contributed by atoms with Gasteiger partial charge in [-0.25, -0.2) is 0 Å². The number of amides is 1. The van der Waals surface area contributed by atoms with Gasteiger partial charge >= 0.3 is 0 Å². The van der Waals surface area contributed by atoms with Crippen LogP contribution in [-0.4, -0.2) is 54.0 Å². The summed E-state index contributed by atoms with van der Waals surface area (Å²) in [6.45, 7) is 0.147. The first-order valence-electron chi connectivity index (χ1n) is 11.3. The minimum absolute atomic E-state index is 0.0599. The second-order valence-corrected chi connectivity index (χ2v) is 8.09. The first-order chi connectivity index (χ1) is 17.8. The molecule has 0 radical (unpaired) electrons. The molecule has 1 aliphatic rings. The molecule has 1 fully saturated rings. The number of non-ortho nitro benzene ring substituents is 1. The number of methoxy groups -OCH3 is 2. The lowest BCUT2D eigenvalue weighted by Crippen LogP contribution is -2.33. The fourth-order valence-electron chi connectivity index (χ4n) is 4.07. The number of carbonyl (C=O) groups is 2. The van der Waals surface area contributed by atoms with Gasteiger partial charge in [0.05, 0.1) is 37.3 Å². The fraction of sp³-hybridized carbons (Fsp3) is 0.185. The van der Waals surface area contributed by atoms with Gasteiger partial charge in [-0.15, -0.1) is 0 Å². The van der Waals surface area contributed by atoms with Crippen LogP contribution in [0.25, 0.3) is 5.76 Å². The molecule has 0 aromatic heterocycles. The van der Waals surface area contributed by atoms with E-state index < -0.39 is 28.4 Å². The highest BCUT2D eigenvalue weighted by Gasteiger charge is 2.46. The van der Waals surface area contributed by atoms with E-state index in [9.17, 15) is 24.8 Å². The zero-order valence-electron chi connectivity index (χ0n) is 20.1. The molecule has 0 bridgehead atoms. The molecule has 1 amide bonds. The summed E-state index contributed by atoms with van der Waals surface area (Å²) in [5.74, 6) is -0.261. The van der Waals surface area contributed by atoms with E-state index in [1.54, 1.807) is 55.6 Å². The first kappa shape index (κ1) is 25.2. The number of Topliss-reactive ketones (excluding diaryl/α,β-unsaturated/α-hetero) is 1. The predicted octanol–water partition coefficient (Wildman–Crippen LogP) is 4.11. The third kappa shape index (κ3) is 5.22. The van der Waals surface area contributed by atoms with Crippen molar-refractivity contribution in [3.8, 4) is 17.2 Å². The van der Waals surface area contributed by atoms with Crippen LogP contribution in [0.2, 0.25) is 0 Å². The molecule has 10 nitrogen and oxygen atoms in total. The van der Waals surface area contributed by atoms with Crippen LogP contribution in [0, 0.1) is 10.1 Å². The lowest BCUT2D eigenvalue weighted by atomic mass is 9.95. The van der Waals surface area contributed by atoms with Crippen molar-refractivity contribution >= 4 is 23.1 Å². The van der Waals surface area contributed by atoms with Crippen LogP contribution in [0.1, 0.15) is 17.2 Å². The molecule has 1 N–H and O–H groups in total. The van der Waals surface area contributed by atoms with Gasteiger partial charge in [-0.1, -0.05) is 12.1 Å². The van der Waals surface area contributed by atoms with Crippen molar-refractivity contribution in [2.75, 3.05) is 27.4 Å². The molecule has 3 aromatic rings. The van der Waals surface area contributed by atoms with Gasteiger partial charge in [0.25, 0.3) is 17.4 Å². The highest BCUT2D eigenvalue weighted by molar-refractivity contribution is 6.46. The summed E-state index contributed by atoms with van der Waals surface area (Å²) in [6, 6.07) is 17.9. The average Bonchev–Trinajstić information content (AvgIpc) is 3.18.